The molecule has 4 nitrogen and oxygen atoms in total. The van der Waals surface area contributed by atoms with E-state index in [0.717, 1.165) is 12.8 Å². The van der Waals surface area contributed by atoms with E-state index in [-0.39, 0.29) is 30.2 Å². The molecule has 0 radical (unpaired) electrons. The Balaban J connectivity index is 0.00000264. The summed E-state index contributed by atoms with van der Waals surface area (Å²) in [5, 5.41) is 0. The average molecular weight is 410 g/mol. The molecule has 2 rings (SSSR count). The molecule has 1 aromatic rings. The van der Waals surface area contributed by atoms with Crippen molar-refractivity contribution >= 4 is 34.2 Å². The van der Waals surface area contributed by atoms with Crippen LogP contribution in [-0.2, 0) is 4.79 Å². The van der Waals surface area contributed by atoms with E-state index in [1.165, 1.54) is 18.2 Å². The molecule has 0 aliphatic carbocycles. The average Bonchev–Trinajstić information content (AvgIpc) is 2.49. The summed E-state index contributed by atoms with van der Waals surface area (Å²) in [6.07, 6.45) is 1.27. The maximum absolute atomic E-state index is 13.1. The molecule has 1 aromatic carbocycles. The van der Waals surface area contributed by atoms with Crippen LogP contribution in [0.4, 0.5) is 4.39 Å². The van der Waals surface area contributed by atoms with Gasteiger partial charge in [-0.2, -0.15) is 0 Å². The molecule has 23 heavy (non-hydrogen) atoms. The summed E-state index contributed by atoms with van der Waals surface area (Å²) in [7, 11) is 0. The third kappa shape index (κ3) is 5.06. The number of ether oxygens (including phenoxy) is 1. The van der Waals surface area contributed by atoms with Gasteiger partial charge < -0.3 is 15.4 Å². The van der Waals surface area contributed by atoms with Crippen LogP contribution in [0.2, 0.25) is 0 Å². The number of amides is 1. The van der Waals surface area contributed by atoms with E-state index in [2.05, 4.69) is 22.9 Å². The molecule has 1 aliphatic rings. The zero-order chi connectivity index (χ0) is 16.3. The van der Waals surface area contributed by atoms with Gasteiger partial charge in [0.25, 0.3) is 5.91 Å². The van der Waals surface area contributed by atoms with Crippen LogP contribution in [0.1, 0.15) is 26.7 Å². The number of halogens is 3. The first-order chi connectivity index (χ1) is 10.4. The minimum Gasteiger partial charge on any atom is -0.480 e. The van der Waals surface area contributed by atoms with Crippen molar-refractivity contribution in [3.63, 3.8) is 0 Å². The van der Waals surface area contributed by atoms with Gasteiger partial charge in [-0.15, -0.1) is 12.4 Å². The predicted molar refractivity (Wildman–Crippen MR) is 94.4 cm³/mol. The highest BCUT2D eigenvalue weighted by Crippen LogP contribution is 2.28. The van der Waals surface area contributed by atoms with Crippen LogP contribution in [0.15, 0.2) is 22.7 Å². The Kier molecular flexibility index (Phi) is 7.77. The van der Waals surface area contributed by atoms with Crippen LogP contribution in [-0.4, -0.2) is 36.0 Å². The minimum atomic E-state index is -0.635. The van der Waals surface area contributed by atoms with Crippen molar-refractivity contribution in [1.82, 2.24) is 4.90 Å². The van der Waals surface area contributed by atoms with Crippen molar-refractivity contribution in [1.29, 1.82) is 0 Å². The fourth-order valence-electron chi connectivity index (χ4n) is 2.81. The topological polar surface area (TPSA) is 55.6 Å². The number of hydrogen-bond donors (Lipinski definition) is 1. The van der Waals surface area contributed by atoms with Gasteiger partial charge in [0.2, 0.25) is 0 Å². The van der Waals surface area contributed by atoms with E-state index in [9.17, 15) is 9.18 Å². The van der Waals surface area contributed by atoms with E-state index >= 15 is 0 Å². The molecular formula is C16H23BrClFN2O2. The Morgan fingerprint density at radius 3 is 2.87 bits per heavy atom. The van der Waals surface area contributed by atoms with Gasteiger partial charge in [-0.05, 0) is 59.8 Å². The highest BCUT2D eigenvalue weighted by molar-refractivity contribution is 9.10. The molecule has 1 amide bonds. The second kappa shape index (κ2) is 8.85. The summed E-state index contributed by atoms with van der Waals surface area (Å²) >= 11 is 3.24. The van der Waals surface area contributed by atoms with E-state index in [4.69, 9.17) is 10.5 Å². The Bertz CT molecular complexity index is 547. The van der Waals surface area contributed by atoms with Gasteiger partial charge in [0.1, 0.15) is 11.6 Å². The van der Waals surface area contributed by atoms with Gasteiger partial charge in [-0.25, -0.2) is 4.39 Å². The Morgan fingerprint density at radius 1 is 1.57 bits per heavy atom. The Morgan fingerprint density at radius 2 is 2.26 bits per heavy atom. The standard InChI is InChI=1S/C16H22BrFN2O2.ClH/c1-10-5-6-20(13(7-10)9-19)16(21)11(2)22-15-4-3-12(18)8-14(15)17;/h3-4,8,10-11,13H,5-7,9,19H2,1-2H3;1H. The second-order valence-corrected chi connectivity index (χ2v) is 6.74. The molecule has 1 fully saturated rings. The van der Waals surface area contributed by atoms with Crippen molar-refractivity contribution in [3.8, 4) is 5.75 Å². The highest BCUT2D eigenvalue weighted by atomic mass is 79.9. The molecule has 0 saturated carbocycles. The lowest BCUT2D eigenvalue weighted by atomic mass is 9.92. The van der Waals surface area contributed by atoms with Crippen LogP contribution in [0.3, 0.4) is 0 Å². The zero-order valence-corrected chi connectivity index (χ0v) is 15.7. The zero-order valence-electron chi connectivity index (χ0n) is 13.3. The summed E-state index contributed by atoms with van der Waals surface area (Å²) in [5.74, 6) is 0.613. The van der Waals surface area contributed by atoms with E-state index < -0.39 is 6.10 Å². The van der Waals surface area contributed by atoms with Gasteiger partial charge in [0, 0.05) is 19.1 Å². The van der Waals surface area contributed by atoms with Crippen molar-refractivity contribution in [2.75, 3.05) is 13.1 Å². The summed E-state index contributed by atoms with van der Waals surface area (Å²) < 4.78 is 19.3. The van der Waals surface area contributed by atoms with Gasteiger partial charge in [0.05, 0.1) is 4.47 Å². The number of likely N-dealkylation sites (tertiary alicyclic amines) is 1. The molecule has 7 heteroatoms. The maximum atomic E-state index is 13.1. The fourth-order valence-corrected chi connectivity index (χ4v) is 3.25. The number of carbonyl (C=O) groups excluding carboxylic acids is 1. The number of nitrogens with zero attached hydrogens (tertiary/aromatic N) is 1. The lowest BCUT2D eigenvalue weighted by Gasteiger charge is -2.39. The molecule has 2 N–H and O–H groups in total. The third-order valence-corrected chi connectivity index (χ3v) is 4.70. The monoisotopic (exact) mass is 408 g/mol. The number of rotatable bonds is 4. The van der Waals surface area contributed by atoms with Crippen LogP contribution < -0.4 is 10.5 Å². The molecule has 3 atom stereocenters. The molecular weight excluding hydrogens is 387 g/mol. The smallest absolute Gasteiger partial charge is 0.263 e. The quantitative estimate of drug-likeness (QED) is 0.829. The molecule has 1 aliphatic heterocycles. The van der Waals surface area contributed by atoms with Crippen LogP contribution in [0, 0.1) is 11.7 Å². The molecule has 0 spiro atoms. The summed E-state index contributed by atoms with van der Waals surface area (Å²) in [6, 6.07) is 4.21. The SMILES string of the molecule is CC1CCN(C(=O)C(C)Oc2ccc(F)cc2Br)C(CN)C1.Cl. The molecule has 3 unspecified atom stereocenters. The van der Waals surface area contributed by atoms with E-state index in [0.29, 0.717) is 29.2 Å². The number of benzene rings is 1. The van der Waals surface area contributed by atoms with Crippen LogP contribution in [0.25, 0.3) is 0 Å². The molecule has 0 bridgehead atoms. The van der Waals surface area contributed by atoms with Gasteiger partial charge >= 0.3 is 0 Å². The highest BCUT2D eigenvalue weighted by Gasteiger charge is 2.32. The second-order valence-electron chi connectivity index (χ2n) is 5.89. The molecule has 1 heterocycles. The molecule has 1 saturated heterocycles. The first-order valence-electron chi connectivity index (χ1n) is 7.54. The van der Waals surface area contributed by atoms with Gasteiger partial charge in [0.15, 0.2) is 6.10 Å². The Labute approximate surface area is 151 Å². The van der Waals surface area contributed by atoms with Crippen molar-refractivity contribution in [2.24, 2.45) is 11.7 Å². The van der Waals surface area contributed by atoms with Crippen LogP contribution >= 0.6 is 28.3 Å². The third-order valence-electron chi connectivity index (χ3n) is 4.08. The van der Waals surface area contributed by atoms with Crippen molar-refractivity contribution in [3.05, 3.63) is 28.5 Å². The number of hydrogen-bond acceptors (Lipinski definition) is 3. The first kappa shape index (κ1) is 20.2. The van der Waals surface area contributed by atoms with E-state index in [1.54, 1.807) is 6.92 Å². The van der Waals surface area contributed by atoms with Crippen molar-refractivity contribution in [2.45, 2.75) is 38.8 Å². The maximum Gasteiger partial charge on any atom is 0.263 e. The lowest BCUT2D eigenvalue weighted by Crippen LogP contribution is -2.52. The number of piperidine rings is 1. The summed E-state index contributed by atoms with van der Waals surface area (Å²) in [5.41, 5.74) is 5.80. The van der Waals surface area contributed by atoms with Crippen LogP contribution in [0.5, 0.6) is 5.75 Å². The predicted octanol–water partition coefficient (Wildman–Crippen LogP) is 3.36. The fraction of sp³-hybridized carbons (Fsp3) is 0.562. The summed E-state index contributed by atoms with van der Waals surface area (Å²) in [6.45, 7) is 5.06. The van der Waals surface area contributed by atoms with Gasteiger partial charge in [-0.1, -0.05) is 6.92 Å². The molecule has 130 valence electrons. The van der Waals surface area contributed by atoms with E-state index in [1.807, 2.05) is 4.90 Å². The lowest BCUT2D eigenvalue weighted by molar-refractivity contribution is -0.142. The minimum absolute atomic E-state index is 0. The normalized spacial score (nSPS) is 22.2. The Hall–Kier alpha value is -0.850. The first-order valence-corrected chi connectivity index (χ1v) is 8.34. The van der Waals surface area contributed by atoms with Gasteiger partial charge in [-0.3, -0.25) is 4.79 Å². The number of carbonyl (C=O) groups is 1. The van der Waals surface area contributed by atoms with Crippen molar-refractivity contribution < 1.29 is 13.9 Å². The largest absolute Gasteiger partial charge is 0.480 e. The number of nitrogens with two attached hydrogens (primary N) is 1. The summed E-state index contributed by atoms with van der Waals surface area (Å²) in [4.78, 5) is 14.4. The molecule has 0 aromatic heterocycles.